The minimum atomic E-state index is -3.41. The maximum absolute atomic E-state index is 12.3. The van der Waals surface area contributed by atoms with Gasteiger partial charge in [-0.05, 0) is 38.3 Å². The van der Waals surface area contributed by atoms with E-state index in [9.17, 15) is 16.8 Å². The molecule has 0 amide bonds. The molecule has 2 saturated heterocycles. The number of hydrogen-bond donors (Lipinski definition) is 2. The normalized spacial score (nSPS) is 33.1. The van der Waals surface area contributed by atoms with Gasteiger partial charge >= 0.3 is 0 Å². The van der Waals surface area contributed by atoms with E-state index in [1.807, 2.05) is 6.92 Å². The Bertz CT molecular complexity index is 501. The second kappa shape index (κ2) is 5.67. The molecule has 2 atom stereocenters. The van der Waals surface area contributed by atoms with Crippen LogP contribution < -0.4 is 10.0 Å². The van der Waals surface area contributed by atoms with Crippen LogP contribution in [0.5, 0.6) is 0 Å². The highest BCUT2D eigenvalue weighted by atomic mass is 32.2. The van der Waals surface area contributed by atoms with E-state index in [0.717, 1.165) is 19.5 Å². The van der Waals surface area contributed by atoms with Gasteiger partial charge in [0.05, 0.1) is 16.8 Å². The first-order valence-corrected chi connectivity index (χ1v) is 10.1. The number of sulfonamides is 1. The Kier molecular flexibility index (Phi) is 4.54. The Morgan fingerprint density at radius 2 is 1.79 bits per heavy atom. The van der Waals surface area contributed by atoms with Crippen LogP contribution in [-0.4, -0.2) is 52.7 Å². The summed E-state index contributed by atoms with van der Waals surface area (Å²) in [6, 6.07) is -0.0372. The standard InChI is InChI=1S/C11H22N2O4S2/c1-9-8-12-5-2-11(9)13-19(16,17)10-3-6-18(14,15)7-4-10/h9-13H,2-8H2,1H3. The summed E-state index contributed by atoms with van der Waals surface area (Å²) in [7, 11) is -6.43. The summed E-state index contributed by atoms with van der Waals surface area (Å²) in [6.45, 7) is 3.65. The van der Waals surface area contributed by atoms with E-state index in [-0.39, 0.29) is 36.3 Å². The van der Waals surface area contributed by atoms with Crippen LogP contribution >= 0.6 is 0 Å². The Hall–Kier alpha value is -0.180. The predicted molar refractivity (Wildman–Crippen MR) is 74.2 cm³/mol. The van der Waals surface area contributed by atoms with Crippen molar-refractivity contribution >= 4 is 19.9 Å². The van der Waals surface area contributed by atoms with Gasteiger partial charge in [0.15, 0.2) is 0 Å². The summed E-state index contributed by atoms with van der Waals surface area (Å²) in [4.78, 5) is 0. The van der Waals surface area contributed by atoms with E-state index < -0.39 is 25.1 Å². The Morgan fingerprint density at radius 3 is 2.37 bits per heavy atom. The van der Waals surface area contributed by atoms with Gasteiger partial charge < -0.3 is 5.32 Å². The lowest BCUT2D eigenvalue weighted by Gasteiger charge is -2.32. The number of rotatable bonds is 3. The number of hydrogen-bond acceptors (Lipinski definition) is 5. The van der Waals surface area contributed by atoms with E-state index in [4.69, 9.17) is 0 Å². The second-order valence-electron chi connectivity index (χ2n) is 5.59. The first kappa shape index (κ1) is 15.2. The van der Waals surface area contributed by atoms with Crippen molar-refractivity contribution in [1.29, 1.82) is 0 Å². The lowest BCUT2D eigenvalue weighted by atomic mass is 9.97. The molecule has 8 heteroatoms. The van der Waals surface area contributed by atoms with Crippen molar-refractivity contribution in [2.75, 3.05) is 24.6 Å². The third-order valence-corrected chi connectivity index (χ3v) is 7.74. The van der Waals surface area contributed by atoms with E-state index in [0.29, 0.717) is 0 Å². The number of sulfone groups is 1. The molecule has 2 unspecified atom stereocenters. The monoisotopic (exact) mass is 310 g/mol. The minimum absolute atomic E-state index is 0.0135. The highest BCUT2D eigenvalue weighted by Gasteiger charge is 2.35. The van der Waals surface area contributed by atoms with Gasteiger partial charge in [0.1, 0.15) is 9.84 Å². The molecule has 19 heavy (non-hydrogen) atoms. The zero-order valence-electron chi connectivity index (χ0n) is 11.1. The number of nitrogens with one attached hydrogen (secondary N) is 2. The van der Waals surface area contributed by atoms with Crippen molar-refractivity contribution in [2.24, 2.45) is 5.92 Å². The fourth-order valence-corrected chi connectivity index (χ4v) is 6.29. The second-order valence-corrected chi connectivity index (χ2v) is 9.89. The van der Waals surface area contributed by atoms with Gasteiger partial charge in [0.25, 0.3) is 0 Å². The van der Waals surface area contributed by atoms with Crippen molar-refractivity contribution < 1.29 is 16.8 Å². The van der Waals surface area contributed by atoms with Gasteiger partial charge in [0, 0.05) is 6.04 Å². The van der Waals surface area contributed by atoms with Gasteiger partial charge in [-0.25, -0.2) is 21.6 Å². The van der Waals surface area contributed by atoms with E-state index in [1.165, 1.54) is 0 Å². The van der Waals surface area contributed by atoms with Crippen LogP contribution in [-0.2, 0) is 19.9 Å². The molecule has 0 radical (unpaired) electrons. The quantitative estimate of drug-likeness (QED) is 0.732. The maximum Gasteiger partial charge on any atom is 0.214 e. The minimum Gasteiger partial charge on any atom is -0.316 e. The summed E-state index contributed by atoms with van der Waals surface area (Å²) < 4.78 is 50.0. The molecule has 112 valence electrons. The van der Waals surface area contributed by atoms with E-state index in [1.54, 1.807) is 0 Å². The highest BCUT2D eigenvalue weighted by molar-refractivity contribution is 7.92. The van der Waals surface area contributed by atoms with Gasteiger partial charge in [-0.15, -0.1) is 0 Å². The smallest absolute Gasteiger partial charge is 0.214 e. The van der Waals surface area contributed by atoms with Crippen LogP contribution in [0.15, 0.2) is 0 Å². The molecule has 2 fully saturated rings. The van der Waals surface area contributed by atoms with Crippen LogP contribution in [0.2, 0.25) is 0 Å². The molecule has 0 aromatic rings. The van der Waals surface area contributed by atoms with Crippen molar-refractivity contribution in [2.45, 2.75) is 37.5 Å². The molecule has 2 N–H and O–H groups in total. The molecule has 2 rings (SSSR count). The molecular formula is C11H22N2O4S2. The average Bonchev–Trinajstić information content (AvgIpc) is 2.31. The van der Waals surface area contributed by atoms with Gasteiger partial charge in [0.2, 0.25) is 10.0 Å². The van der Waals surface area contributed by atoms with E-state index >= 15 is 0 Å². The SMILES string of the molecule is CC1CNCCC1NS(=O)(=O)C1CCS(=O)(=O)CC1. The first-order chi connectivity index (χ1) is 8.80. The molecule has 0 spiro atoms. The molecule has 2 aliphatic heterocycles. The molecule has 2 aliphatic rings. The van der Waals surface area contributed by atoms with Crippen molar-refractivity contribution in [1.82, 2.24) is 10.0 Å². The van der Waals surface area contributed by atoms with Crippen LogP contribution in [0.3, 0.4) is 0 Å². The molecule has 0 saturated carbocycles. The zero-order chi connectivity index (χ0) is 14.1. The molecule has 2 heterocycles. The summed E-state index contributed by atoms with van der Waals surface area (Å²) in [6.07, 6.45) is 1.22. The Morgan fingerprint density at radius 1 is 1.16 bits per heavy atom. The van der Waals surface area contributed by atoms with Crippen LogP contribution in [0, 0.1) is 5.92 Å². The molecular weight excluding hydrogens is 288 g/mol. The summed E-state index contributed by atoms with van der Waals surface area (Å²) in [5, 5.41) is 2.67. The van der Waals surface area contributed by atoms with Crippen molar-refractivity contribution in [3.05, 3.63) is 0 Å². The molecule has 6 nitrogen and oxygen atoms in total. The summed E-state index contributed by atoms with van der Waals surface area (Å²) in [5.41, 5.74) is 0. The average molecular weight is 310 g/mol. The zero-order valence-corrected chi connectivity index (χ0v) is 12.8. The fraction of sp³-hybridized carbons (Fsp3) is 1.00. The molecule has 0 aromatic carbocycles. The highest BCUT2D eigenvalue weighted by Crippen LogP contribution is 2.21. The summed E-state index contributed by atoms with van der Waals surface area (Å²) in [5.74, 6) is 0.233. The molecule has 0 bridgehead atoms. The predicted octanol–water partition coefficient (Wildman–Crippen LogP) is -0.519. The lowest BCUT2D eigenvalue weighted by molar-refractivity contribution is 0.326. The van der Waals surface area contributed by atoms with E-state index in [2.05, 4.69) is 10.0 Å². The lowest BCUT2D eigenvalue weighted by Crippen LogP contribution is -2.51. The van der Waals surface area contributed by atoms with Crippen LogP contribution in [0.25, 0.3) is 0 Å². The molecule has 0 aromatic heterocycles. The van der Waals surface area contributed by atoms with Gasteiger partial charge in [-0.1, -0.05) is 6.92 Å². The molecule has 0 aliphatic carbocycles. The largest absolute Gasteiger partial charge is 0.316 e. The topological polar surface area (TPSA) is 92.3 Å². The van der Waals surface area contributed by atoms with Crippen molar-refractivity contribution in [3.63, 3.8) is 0 Å². The third kappa shape index (κ3) is 3.90. The maximum atomic E-state index is 12.3. The first-order valence-electron chi connectivity index (χ1n) is 6.72. The van der Waals surface area contributed by atoms with Crippen LogP contribution in [0.1, 0.15) is 26.2 Å². The number of piperidine rings is 1. The van der Waals surface area contributed by atoms with Crippen molar-refractivity contribution in [3.8, 4) is 0 Å². The Balaban J connectivity index is 1.98. The third-order valence-electron chi connectivity index (χ3n) is 4.04. The summed E-state index contributed by atoms with van der Waals surface area (Å²) >= 11 is 0. The Labute approximate surface area is 115 Å². The van der Waals surface area contributed by atoms with Crippen LogP contribution in [0.4, 0.5) is 0 Å². The fourth-order valence-electron chi connectivity index (χ4n) is 2.68. The van der Waals surface area contributed by atoms with Gasteiger partial charge in [-0.2, -0.15) is 0 Å². The van der Waals surface area contributed by atoms with Gasteiger partial charge in [-0.3, -0.25) is 0 Å².